The summed E-state index contributed by atoms with van der Waals surface area (Å²) in [6, 6.07) is 0. The Hall–Kier alpha value is -2.11. The van der Waals surface area contributed by atoms with E-state index < -0.39 is 5.41 Å². The number of hydrogen-bond acceptors (Lipinski definition) is 4. The van der Waals surface area contributed by atoms with Gasteiger partial charge in [-0.1, -0.05) is 0 Å². The first-order valence-corrected chi connectivity index (χ1v) is 7.00. The second-order valence-electron chi connectivity index (χ2n) is 6.11. The molecule has 2 rings (SSSR count). The first-order chi connectivity index (χ1) is 9.69. The first-order valence-electron chi connectivity index (χ1n) is 7.00. The van der Waals surface area contributed by atoms with Crippen LogP contribution in [0.3, 0.4) is 0 Å². The molecule has 0 aromatic carbocycles. The van der Waals surface area contributed by atoms with Crippen LogP contribution in [0.5, 0.6) is 0 Å². The molecule has 6 nitrogen and oxygen atoms in total. The molecule has 0 spiro atoms. The van der Waals surface area contributed by atoms with Crippen molar-refractivity contribution in [3.63, 3.8) is 0 Å². The maximum Gasteiger partial charge on any atom is 0.227 e. The number of aryl methyl sites for hydroxylation is 2. The van der Waals surface area contributed by atoms with Gasteiger partial charge in [0.1, 0.15) is 17.3 Å². The highest BCUT2D eigenvalue weighted by atomic mass is 16.2. The second kappa shape index (κ2) is 5.02. The molecular formula is C15H23N5O. The molecule has 2 aromatic rings. The van der Waals surface area contributed by atoms with Gasteiger partial charge in [0.2, 0.25) is 5.91 Å². The van der Waals surface area contributed by atoms with Gasteiger partial charge in [0.25, 0.3) is 0 Å². The number of nitrogens with zero attached hydrogens (tertiary/aromatic N) is 3. The summed E-state index contributed by atoms with van der Waals surface area (Å²) in [4.78, 5) is 20.8. The Bertz CT molecular complexity index is 715. The Morgan fingerprint density at radius 3 is 2.48 bits per heavy atom. The standard InChI is InChI=1S/C15H23N5O/c1-8-9(2)20(7-15(4,5)14(21)17-6)13-11(8)12(16)18-10(3)19-13/h7H2,1-6H3,(H,17,21)(H2,16,18,19). The fraction of sp³-hybridized carbons (Fsp3) is 0.533. The van der Waals surface area contributed by atoms with Gasteiger partial charge >= 0.3 is 0 Å². The summed E-state index contributed by atoms with van der Waals surface area (Å²) in [5.74, 6) is 1.13. The summed E-state index contributed by atoms with van der Waals surface area (Å²) >= 11 is 0. The first kappa shape index (κ1) is 15.3. The number of nitrogen functional groups attached to an aromatic ring is 1. The van der Waals surface area contributed by atoms with Gasteiger partial charge in [0.15, 0.2) is 0 Å². The number of nitrogens with one attached hydrogen (secondary N) is 1. The quantitative estimate of drug-likeness (QED) is 0.900. The molecule has 1 amide bonds. The lowest BCUT2D eigenvalue weighted by molar-refractivity contribution is -0.129. The molecule has 0 aliphatic heterocycles. The lowest BCUT2D eigenvalue weighted by Crippen LogP contribution is -2.38. The monoisotopic (exact) mass is 289 g/mol. The number of carbonyl (C=O) groups is 1. The van der Waals surface area contributed by atoms with Crippen LogP contribution in [0.2, 0.25) is 0 Å². The minimum Gasteiger partial charge on any atom is -0.383 e. The predicted molar refractivity (Wildman–Crippen MR) is 84.0 cm³/mol. The van der Waals surface area contributed by atoms with Gasteiger partial charge in [0, 0.05) is 19.3 Å². The number of hydrogen-bond donors (Lipinski definition) is 2. The Morgan fingerprint density at radius 1 is 1.29 bits per heavy atom. The third-order valence-electron chi connectivity index (χ3n) is 4.00. The summed E-state index contributed by atoms with van der Waals surface area (Å²) in [5.41, 5.74) is 8.44. The van der Waals surface area contributed by atoms with Gasteiger partial charge in [-0.25, -0.2) is 9.97 Å². The maximum atomic E-state index is 12.0. The molecular weight excluding hydrogens is 266 g/mol. The third-order valence-corrected chi connectivity index (χ3v) is 4.00. The van der Waals surface area contributed by atoms with Crippen molar-refractivity contribution in [1.82, 2.24) is 19.9 Å². The Kier molecular flexibility index (Phi) is 3.65. The van der Waals surface area contributed by atoms with Crippen LogP contribution in [-0.4, -0.2) is 27.5 Å². The predicted octanol–water partition coefficient (Wildman–Crippen LogP) is 1.71. The highest BCUT2D eigenvalue weighted by molar-refractivity contribution is 5.91. The summed E-state index contributed by atoms with van der Waals surface area (Å²) in [6.07, 6.45) is 0. The van der Waals surface area contributed by atoms with Crippen LogP contribution in [0.15, 0.2) is 0 Å². The highest BCUT2D eigenvalue weighted by Gasteiger charge is 2.29. The van der Waals surface area contributed by atoms with Crippen LogP contribution >= 0.6 is 0 Å². The molecule has 0 atom stereocenters. The fourth-order valence-electron chi connectivity index (χ4n) is 2.68. The van der Waals surface area contributed by atoms with E-state index >= 15 is 0 Å². The molecule has 2 aromatic heterocycles. The number of fused-ring (bicyclic) bond motifs is 1. The van der Waals surface area contributed by atoms with Gasteiger partial charge in [-0.3, -0.25) is 4.79 Å². The van der Waals surface area contributed by atoms with Crippen LogP contribution in [0, 0.1) is 26.2 Å². The molecule has 3 N–H and O–H groups in total. The molecule has 0 aliphatic carbocycles. The van der Waals surface area contributed by atoms with Crippen molar-refractivity contribution < 1.29 is 4.79 Å². The van der Waals surface area contributed by atoms with E-state index in [2.05, 4.69) is 19.9 Å². The fourth-order valence-corrected chi connectivity index (χ4v) is 2.68. The minimum absolute atomic E-state index is 0.000142. The third kappa shape index (κ3) is 2.46. The van der Waals surface area contributed by atoms with E-state index in [1.54, 1.807) is 7.05 Å². The second-order valence-corrected chi connectivity index (χ2v) is 6.11. The van der Waals surface area contributed by atoms with Gasteiger partial charge < -0.3 is 15.6 Å². The molecule has 0 radical (unpaired) electrons. The van der Waals surface area contributed by atoms with Crippen molar-refractivity contribution >= 4 is 22.8 Å². The molecule has 0 saturated heterocycles. The van der Waals surface area contributed by atoms with Gasteiger partial charge in [0.05, 0.1) is 10.8 Å². The topological polar surface area (TPSA) is 85.8 Å². The number of carbonyl (C=O) groups excluding carboxylic acids is 1. The summed E-state index contributed by atoms with van der Waals surface area (Å²) in [7, 11) is 1.65. The normalized spacial score (nSPS) is 11.9. The van der Waals surface area contributed by atoms with Crippen molar-refractivity contribution in [3.05, 3.63) is 17.1 Å². The summed E-state index contributed by atoms with van der Waals surface area (Å²) < 4.78 is 2.06. The van der Waals surface area contributed by atoms with Crippen molar-refractivity contribution in [3.8, 4) is 0 Å². The van der Waals surface area contributed by atoms with E-state index in [1.165, 1.54) is 0 Å². The SMILES string of the molecule is CNC(=O)C(C)(C)Cn1c(C)c(C)c2c(N)nc(C)nc21. The number of aromatic nitrogens is 3. The van der Waals surface area contributed by atoms with Crippen molar-refractivity contribution in [2.45, 2.75) is 41.2 Å². The lowest BCUT2D eigenvalue weighted by atomic mass is 9.92. The number of rotatable bonds is 3. The average molecular weight is 289 g/mol. The molecule has 0 bridgehead atoms. The smallest absolute Gasteiger partial charge is 0.227 e. The Balaban J connectivity index is 2.65. The molecule has 0 unspecified atom stereocenters. The number of anilines is 1. The molecule has 2 heterocycles. The molecule has 21 heavy (non-hydrogen) atoms. The van der Waals surface area contributed by atoms with Crippen LogP contribution in [0.4, 0.5) is 5.82 Å². The van der Waals surface area contributed by atoms with E-state index in [4.69, 9.17) is 5.73 Å². The van der Waals surface area contributed by atoms with Gasteiger partial charge in [-0.05, 0) is 40.2 Å². The van der Waals surface area contributed by atoms with E-state index in [1.807, 2.05) is 34.6 Å². The summed E-state index contributed by atoms with van der Waals surface area (Å²) in [6.45, 7) is 10.2. The van der Waals surface area contributed by atoms with Crippen LogP contribution in [0.25, 0.3) is 11.0 Å². The zero-order valence-corrected chi connectivity index (χ0v) is 13.5. The highest BCUT2D eigenvalue weighted by Crippen LogP contribution is 2.30. The van der Waals surface area contributed by atoms with E-state index in [0.717, 1.165) is 22.3 Å². The van der Waals surface area contributed by atoms with Crippen molar-refractivity contribution in [2.24, 2.45) is 5.41 Å². The largest absolute Gasteiger partial charge is 0.383 e. The zero-order valence-electron chi connectivity index (χ0n) is 13.5. The van der Waals surface area contributed by atoms with Gasteiger partial charge in [-0.2, -0.15) is 0 Å². The van der Waals surface area contributed by atoms with E-state index in [-0.39, 0.29) is 5.91 Å². The minimum atomic E-state index is -0.536. The maximum absolute atomic E-state index is 12.0. The molecule has 0 aliphatic rings. The lowest BCUT2D eigenvalue weighted by Gasteiger charge is -2.24. The van der Waals surface area contributed by atoms with Crippen molar-refractivity contribution in [2.75, 3.05) is 12.8 Å². The summed E-state index contributed by atoms with van der Waals surface area (Å²) in [5, 5.41) is 3.59. The zero-order chi connectivity index (χ0) is 15.9. The van der Waals surface area contributed by atoms with Crippen molar-refractivity contribution in [1.29, 1.82) is 0 Å². The van der Waals surface area contributed by atoms with Crippen LogP contribution in [-0.2, 0) is 11.3 Å². The van der Waals surface area contributed by atoms with Gasteiger partial charge in [-0.15, -0.1) is 0 Å². The number of amides is 1. The van der Waals surface area contributed by atoms with Crippen LogP contribution in [0.1, 0.15) is 30.9 Å². The average Bonchev–Trinajstić information content (AvgIpc) is 2.62. The Morgan fingerprint density at radius 2 is 1.90 bits per heavy atom. The number of nitrogens with two attached hydrogens (primary N) is 1. The molecule has 114 valence electrons. The molecule has 0 fully saturated rings. The van der Waals surface area contributed by atoms with Crippen LogP contribution < -0.4 is 11.1 Å². The van der Waals surface area contributed by atoms with E-state index in [9.17, 15) is 4.79 Å². The molecule has 0 saturated carbocycles. The Labute approximate surface area is 124 Å². The molecule has 6 heteroatoms. The van der Waals surface area contributed by atoms with E-state index in [0.29, 0.717) is 18.2 Å².